The number of halogens is 1. The lowest BCUT2D eigenvalue weighted by Crippen LogP contribution is -2.47. The maximum absolute atomic E-state index is 12.9. The second-order valence-electron chi connectivity index (χ2n) is 5.37. The Morgan fingerprint density at radius 2 is 2.18 bits per heavy atom. The molecule has 116 valence electrons. The van der Waals surface area contributed by atoms with Crippen molar-refractivity contribution in [3.8, 4) is 0 Å². The maximum Gasteiger partial charge on any atom is 0.244 e. The summed E-state index contributed by atoms with van der Waals surface area (Å²) in [5, 5.41) is 4.05. The molecular formula is C16H18FN3O2. The minimum Gasteiger partial charge on any atom is -0.374 e. The van der Waals surface area contributed by atoms with Crippen LogP contribution < -0.4 is 0 Å². The van der Waals surface area contributed by atoms with E-state index < -0.39 is 0 Å². The van der Waals surface area contributed by atoms with Gasteiger partial charge in [0.15, 0.2) is 0 Å². The Labute approximate surface area is 128 Å². The first kappa shape index (κ1) is 14.7. The Balaban J connectivity index is 1.56. The Morgan fingerprint density at radius 1 is 1.36 bits per heavy atom. The van der Waals surface area contributed by atoms with Crippen molar-refractivity contribution in [3.05, 3.63) is 54.1 Å². The van der Waals surface area contributed by atoms with Crippen LogP contribution in [0, 0.1) is 5.82 Å². The predicted octanol–water partition coefficient (Wildman–Crippen LogP) is 1.49. The van der Waals surface area contributed by atoms with Crippen molar-refractivity contribution in [2.75, 3.05) is 19.7 Å². The van der Waals surface area contributed by atoms with E-state index in [9.17, 15) is 9.18 Å². The fourth-order valence-electron chi connectivity index (χ4n) is 2.59. The molecule has 1 saturated heterocycles. The minimum atomic E-state index is -0.246. The van der Waals surface area contributed by atoms with Crippen molar-refractivity contribution < 1.29 is 13.9 Å². The Hall–Kier alpha value is -2.21. The molecule has 1 atom stereocenters. The quantitative estimate of drug-likeness (QED) is 0.860. The Kier molecular flexibility index (Phi) is 4.48. The van der Waals surface area contributed by atoms with Crippen LogP contribution in [0.2, 0.25) is 0 Å². The van der Waals surface area contributed by atoms with Gasteiger partial charge in [-0.25, -0.2) is 4.39 Å². The van der Waals surface area contributed by atoms with Crippen molar-refractivity contribution >= 4 is 5.91 Å². The van der Waals surface area contributed by atoms with Crippen LogP contribution in [0.5, 0.6) is 0 Å². The molecule has 0 bridgehead atoms. The van der Waals surface area contributed by atoms with Gasteiger partial charge in [0.25, 0.3) is 0 Å². The summed E-state index contributed by atoms with van der Waals surface area (Å²) in [6.07, 6.45) is 4.05. The molecule has 1 aliphatic heterocycles. The van der Waals surface area contributed by atoms with Crippen molar-refractivity contribution in [2.24, 2.45) is 0 Å². The molecule has 1 aliphatic rings. The molecule has 0 spiro atoms. The second-order valence-corrected chi connectivity index (χ2v) is 5.37. The Morgan fingerprint density at radius 3 is 2.91 bits per heavy atom. The van der Waals surface area contributed by atoms with Gasteiger partial charge in [0, 0.05) is 31.9 Å². The number of benzene rings is 1. The molecule has 22 heavy (non-hydrogen) atoms. The number of amides is 1. The smallest absolute Gasteiger partial charge is 0.244 e. The SMILES string of the molecule is O=C(Cn1cccn1)N1CCO[C@@H](Cc2ccc(F)cc2)C1. The number of morpholine rings is 1. The number of ether oxygens (including phenoxy) is 1. The van der Waals surface area contributed by atoms with Gasteiger partial charge in [0.1, 0.15) is 12.4 Å². The van der Waals surface area contributed by atoms with E-state index in [-0.39, 0.29) is 24.4 Å². The van der Waals surface area contributed by atoms with E-state index in [1.54, 1.807) is 40.2 Å². The van der Waals surface area contributed by atoms with Gasteiger partial charge in [-0.1, -0.05) is 12.1 Å². The first-order valence-electron chi connectivity index (χ1n) is 7.32. The number of hydrogen-bond donors (Lipinski definition) is 0. The molecule has 2 aromatic rings. The lowest BCUT2D eigenvalue weighted by Gasteiger charge is -2.33. The van der Waals surface area contributed by atoms with Crippen LogP contribution in [0.4, 0.5) is 4.39 Å². The van der Waals surface area contributed by atoms with E-state index in [1.165, 1.54) is 12.1 Å². The van der Waals surface area contributed by atoms with Gasteiger partial charge in [0.2, 0.25) is 5.91 Å². The van der Waals surface area contributed by atoms with Crippen molar-refractivity contribution in [3.63, 3.8) is 0 Å². The standard InChI is InChI=1S/C16H18FN3O2/c17-14-4-2-13(3-5-14)10-15-11-19(8-9-22-15)16(21)12-20-7-1-6-18-20/h1-7,15H,8-12H2/t15-/m0/s1. The van der Waals surface area contributed by atoms with Crippen LogP contribution in [0.3, 0.4) is 0 Å². The van der Waals surface area contributed by atoms with E-state index >= 15 is 0 Å². The van der Waals surface area contributed by atoms with Gasteiger partial charge < -0.3 is 9.64 Å². The molecule has 1 aromatic heterocycles. The summed E-state index contributed by atoms with van der Waals surface area (Å²) < 4.78 is 20.3. The lowest BCUT2D eigenvalue weighted by molar-refractivity contribution is -0.139. The number of hydrogen-bond acceptors (Lipinski definition) is 3. The molecule has 5 nitrogen and oxygen atoms in total. The summed E-state index contributed by atoms with van der Waals surface area (Å²) in [6, 6.07) is 8.19. The molecular weight excluding hydrogens is 285 g/mol. The van der Waals surface area contributed by atoms with Crippen LogP contribution >= 0.6 is 0 Å². The fourth-order valence-corrected chi connectivity index (χ4v) is 2.59. The summed E-state index contributed by atoms with van der Waals surface area (Å²) in [5.41, 5.74) is 1.01. The first-order valence-corrected chi connectivity index (χ1v) is 7.32. The molecule has 1 amide bonds. The van der Waals surface area contributed by atoms with Crippen LogP contribution in [-0.4, -0.2) is 46.4 Å². The molecule has 0 radical (unpaired) electrons. The van der Waals surface area contributed by atoms with E-state index in [4.69, 9.17) is 4.74 Å². The van der Waals surface area contributed by atoms with E-state index in [2.05, 4.69) is 5.10 Å². The number of carbonyl (C=O) groups excluding carboxylic acids is 1. The molecule has 0 aliphatic carbocycles. The summed E-state index contributed by atoms with van der Waals surface area (Å²) >= 11 is 0. The topological polar surface area (TPSA) is 47.4 Å². The summed E-state index contributed by atoms with van der Waals surface area (Å²) in [7, 11) is 0. The largest absolute Gasteiger partial charge is 0.374 e. The van der Waals surface area contributed by atoms with Crippen LogP contribution in [0.15, 0.2) is 42.7 Å². The van der Waals surface area contributed by atoms with Crippen molar-refractivity contribution in [1.29, 1.82) is 0 Å². The Bertz CT molecular complexity index is 613. The van der Waals surface area contributed by atoms with Gasteiger partial charge in [-0.15, -0.1) is 0 Å². The highest BCUT2D eigenvalue weighted by Crippen LogP contribution is 2.13. The molecule has 0 N–H and O–H groups in total. The molecule has 2 heterocycles. The summed E-state index contributed by atoms with van der Waals surface area (Å²) in [6.45, 7) is 1.92. The van der Waals surface area contributed by atoms with Gasteiger partial charge in [-0.3, -0.25) is 9.48 Å². The highest BCUT2D eigenvalue weighted by atomic mass is 19.1. The minimum absolute atomic E-state index is 0.0381. The third-order valence-electron chi connectivity index (χ3n) is 3.72. The van der Waals surface area contributed by atoms with Gasteiger partial charge in [0.05, 0.1) is 12.7 Å². The maximum atomic E-state index is 12.9. The van der Waals surface area contributed by atoms with Crippen LogP contribution in [0.25, 0.3) is 0 Å². The number of nitrogens with zero attached hydrogens (tertiary/aromatic N) is 3. The van der Waals surface area contributed by atoms with Gasteiger partial charge in [-0.05, 0) is 23.8 Å². The zero-order valence-corrected chi connectivity index (χ0v) is 12.2. The van der Waals surface area contributed by atoms with Crippen molar-refractivity contribution in [1.82, 2.24) is 14.7 Å². The molecule has 0 unspecified atom stereocenters. The zero-order valence-electron chi connectivity index (χ0n) is 12.2. The highest BCUT2D eigenvalue weighted by Gasteiger charge is 2.24. The fraction of sp³-hybridized carbons (Fsp3) is 0.375. The third-order valence-corrected chi connectivity index (χ3v) is 3.72. The van der Waals surface area contributed by atoms with Gasteiger partial charge in [-0.2, -0.15) is 5.10 Å². The average molecular weight is 303 g/mol. The number of rotatable bonds is 4. The number of carbonyl (C=O) groups is 1. The van der Waals surface area contributed by atoms with E-state index in [0.717, 1.165) is 5.56 Å². The molecule has 3 rings (SSSR count). The zero-order chi connectivity index (χ0) is 15.4. The van der Waals surface area contributed by atoms with Crippen LogP contribution in [0.1, 0.15) is 5.56 Å². The van der Waals surface area contributed by atoms with Gasteiger partial charge >= 0.3 is 0 Å². The molecule has 6 heteroatoms. The lowest BCUT2D eigenvalue weighted by atomic mass is 10.1. The third kappa shape index (κ3) is 3.71. The first-order chi connectivity index (χ1) is 10.7. The second kappa shape index (κ2) is 6.70. The molecule has 1 fully saturated rings. The monoisotopic (exact) mass is 303 g/mol. The molecule has 0 saturated carbocycles. The van der Waals surface area contributed by atoms with E-state index in [1.807, 2.05) is 0 Å². The molecule has 1 aromatic carbocycles. The van der Waals surface area contributed by atoms with Crippen LogP contribution in [-0.2, 0) is 22.5 Å². The normalized spacial score (nSPS) is 18.4. The number of aromatic nitrogens is 2. The summed E-state index contributed by atoms with van der Waals surface area (Å²) in [5.74, 6) is -0.208. The summed E-state index contributed by atoms with van der Waals surface area (Å²) in [4.78, 5) is 14.1. The van der Waals surface area contributed by atoms with E-state index in [0.29, 0.717) is 26.1 Å². The van der Waals surface area contributed by atoms with Crippen molar-refractivity contribution in [2.45, 2.75) is 19.1 Å². The average Bonchev–Trinajstić information content (AvgIpc) is 3.03. The predicted molar refractivity (Wildman–Crippen MR) is 78.7 cm³/mol. The highest BCUT2D eigenvalue weighted by molar-refractivity contribution is 5.76.